The molecule has 1 aromatic rings. The van der Waals surface area contributed by atoms with Crippen LogP contribution in [0.25, 0.3) is 0 Å². The zero-order valence-corrected chi connectivity index (χ0v) is 17.3. The van der Waals surface area contributed by atoms with Crippen molar-refractivity contribution in [3.63, 3.8) is 0 Å². The van der Waals surface area contributed by atoms with Crippen LogP contribution >= 0.6 is 23.4 Å². The van der Waals surface area contributed by atoms with Gasteiger partial charge >= 0.3 is 0 Å². The van der Waals surface area contributed by atoms with Crippen LogP contribution in [-0.2, 0) is 14.6 Å². The Morgan fingerprint density at radius 2 is 1.88 bits per heavy atom. The van der Waals surface area contributed by atoms with E-state index >= 15 is 0 Å². The van der Waals surface area contributed by atoms with Crippen molar-refractivity contribution in [2.24, 2.45) is 0 Å². The smallest absolute Gasteiger partial charge is 0.232 e. The molecule has 0 radical (unpaired) electrons. The second-order valence-corrected chi connectivity index (χ2v) is 11.0. The predicted molar refractivity (Wildman–Crippen MR) is 108 cm³/mol. The van der Waals surface area contributed by atoms with E-state index in [1.807, 2.05) is 29.2 Å². The van der Waals surface area contributed by atoms with Crippen LogP contribution in [0, 0.1) is 0 Å². The third-order valence-electron chi connectivity index (χ3n) is 5.19. The van der Waals surface area contributed by atoms with Gasteiger partial charge in [-0.3, -0.25) is 9.69 Å². The highest BCUT2D eigenvalue weighted by molar-refractivity contribution is 8.00. The molecule has 26 heavy (non-hydrogen) atoms. The van der Waals surface area contributed by atoms with Gasteiger partial charge in [0, 0.05) is 42.5 Å². The van der Waals surface area contributed by atoms with Crippen molar-refractivity contribution in [3.8, 4) is 0 Å². The van der Waals surface area contributed by atoms with Gasteiger partial charge in [-0.25, -0.2) is 8.42 Å². The van der Waals surface area contributed by atoms with E-state index in [0.29, 0.717) is 24.6 Å². The first-order valence-corrected chi connectivity index (χ1v) is 12.2. The van der Waals surface area contributed by atoms with Crippen molar-refractivity contribution in [1.82, 2.24) is 9.80 Å². The third kappa shape index (κ3) is 5.15. The average molecular weight is 417 g/mol. The quantitative estimate of drug-likeness (QED) is 0.738. The van der Waals surface area contributed by atoms with Gasteiger partial charge in [-0.1, -0.05) is 23.7 Å². The number of carbonyl (C=O) groups is 1. The number of benzene rings is 1. The monoisotopic (exact) mass is 416 g/mol. The molecular weight excluding hydrogens is 392 g/mol. The molecule has 0 spiro atoms. The maximum Gasteiger partial charge on any atom is 0.232 e. The Balaban J connectivity index is 1.43. The molecule has 1 aromatic carbocycles. The number of carbonyl (C=O) groups excluding carboxylic acids is 1. The normalized spacial score (nSPS) is 24.5. The number of sulfone groups is 1. The second-order valence-electron chi connectivity index (χ2n) is 6.98. The zero-order chi connectivity index (χ0) is 18.7. The van der Waals surface area contributed by atoms with Crippen molar-refractivity contribution in [2.45, 2.75) is 24.6 Å². The highest BCUT2D eigenvalue weighted by Gasteiger charge is 2.34. The number of halogens is 1. The lowest BCUT2D eigenvalue weighted by atomic mass is 10.2. The summed E-state index contributed by atoms with van der Waals surface area (Å²) in [5.41, 5.74) is 1.17. The van der Waals surface area contributed by atoms with Crippen LogP contribution in [0.4, 0.5) is 0 Å². The highest BCUT2D eigenvalue weighted by atomic mass is 35.5. The van der Waals surface area contributed by atoms with Crippen molar-refractivity contribution in [1.29, 1.82) is 0 Å². The van der Waals surface area contributed by atoms with Gasteiger partial charge in [0.05, 0.1) is 17.3 Å². The van der Waals surface area contributed by atoms with E-state index in [2.05, 4.69) is 11.8 Å². The van der Waals surface area contributed by atoms with Crippen LogP contribution in [0.5, 0.6) is 0 Å². The summed E-state index contributed by atoms with van der Waals surface area (Å²) < 4.78 is 23.3. The fourth-order valence-corrected chi connectivity index (χ4v) is 6.33. The van der Waals surface area contributed by atoms with E-state index in [4.69, 9.17) is 11.6 Å². The molecule has 2 saturated heterocycles. The molecule has 5 nitrogen and oxygen atoms in total. The van der Waals surface area contributed by atoms with E-state index in [9.17, 15) is 13.2 Å². The molecule has 2 aliphatic heterocycles. The summed E-state index contributed by atoms with van der Waals surface area (Å²) in [5.74, 6) is 1.20. The number of hydrogen-bond donors (Lipinski definition) is 0. The van der Waals surface area contributed by atoms with Crippen LogP contribution in [0.15, 0.2) is 24.3 Å². The summed E-state index contributed by atoms with van der Waals surface area (Å²) in [7, 11) is -2.86. The summed E-state index contributed by atoms with van der Waals surface area (Å²) >= 11 is 7.55. The molecule has 0 aromatic heterocycles. The third-order valence-corrected chi connectivity index (χ3v) is 8.38. The fourth-order valence-electron chi connectivity index (χ4n) is 3.52. The average Bonchev–Trinajstić information content (AvgIpc) is 3.00. The topological polar surface area (TPSA) is 57.7 Å². The minimum absolute atomic E-state index is 0.136. The lowest BCUT2D eigenvalue weighted by Crippen LogP contribution is -2.52. The van der Waals surface area contributed by atoms with Crippen LogP contribution in [-0.4, -0.2) is 73.6 Å². The number of piperazine rings is 1. The zero-order valence-electron chi connectivity index (χ0n) is 14.9. The number of amides is 1. The Bertz CT molecular complexity index is 731. The van der Waals surface area contributed by atoms with Gasteiger partial charge in [0.25, 0.3) is 0 Å². The Kier molecular flexibility index (Phi) is 6.54. The summed E-state index contributed by atoms with van der Waals surface area (Å²) in [6, 6.07) is 7.88. The summed E-state index contributed by atoms with van der Waals surface area (Å²) in [6.07, 6.45) is 0.727. The maximum absolute atomic E-state index is 12.5. The Hall–Kier alpha value is -0.760. The minimum atomic E-state index is -2.86. The molecule has 2 fully saturated rings. The molecule has 144 valence electrons. The van der Waals surface area contributed by atoms with Crippen molar-refractivity contribution < 1.29 is 13.2 Å². The number of hydrogen-bond acceptors (Lipinski definition) is 5. The highest BCUT2D eigenvalue weighted by Crippen LogP contribution is 2.29. The SMILES string of the molecule is CC(SCC(=O)N1CCN(C2CCS(=O)(=O)C2)CC1)c1ccc(Cl)cc1. The first-order chi connectivity index (χ1) is 12.3. The van der Waals surface area contributed by atoms with Gasteiger partial charge in [-0.05, 0) is 31.0 Å². The summed E-state index contributed by atoms with van der Waals surface area (Å²) in [5, 5.41) is 0.955. The molecule has 2 aliphatic rings. The molecule has 0 N–H and O–H groups in total. The van der Waals surface area contributed by atoms with Crippen LogP contribution in [0.2, 0.25) is 5.02 Å². The first-order valence-electron chi connectivity index (χ1n) is 8.93. The molecule has 0 bridgehead atoms. The van der Waals surface area contributed by atoms with Gasteiger partial charge in [0.2, 0.25) is 5.91 Å². The minimum Gasteiger partial charge on any atom is -0.339 e. The molecule has 1 amide bonds. The van der Waals surface area contributed by atoms with Gasteiger partial charge in [0.1, 0.15) is 0 Å². The largest absolute Gasteiger partial charge is 0.339 e. The fraction of sp³-hybridized carbons (Fsp3) is 0.611. The molecule has 0 saturated carbocycles. The number of nitrogens with zero attached hydrogens (tertiary/aromatic N) is 2. The summed E-state index contributed by atoms with van der Waals surface area (Å²) in [4.78, 5) is 16.6. The molecule has 0 aliphatic carbocycles. The Morgan fingerprint density at radius 1 is 1.23 bits per heavy atom. The molecular formula is C18H25ClN2O3S2. The molecule has 2 unspecified atom stereocenters. The van der Waals surface area contributed by atoms with E-state index in [-0.39, 0.29) is 23.0 Å². The lowest BCUT2D eigenvalue weighted by Gasteiger charge is -2.37. The van der Waals surface area contributed by atoms with Gasteiger partial charge in [-0.2, -0.15) is 0 Å². The van der Waals surface area contributed by atoms with Crippen LogP contribution in [0.1, 0.15) is 24.2 Å². The first kappa shape index (κ1) is 20.0. The van der Waals surface area contributed by atoms with Crippen molar-refractivity contribution in [2.75, 3.05) is 43.4 Å². The van der Waals surface area contributed by atoms with E-state index in [1.165, 1.54) is 5.56 Å². The standard InChI is InChI=1S/C18H25ClN2O3S2/c1-14(15-2-4-16(19)5-3-15)25-12-18(22)21-9-7-20(8-10-21)17-6-11-26(23,24)13-17/h2-5,14,17H,6-13H2,1H3. The van der Waals surface area contributed by atoms with Crippen molar-refractivity contribution in [3.05, 3.63) is 34.9 Å². The van der Waals surface area contributed by atoms with E-state index in [1.54, 1.807) is 11.8 Å². The number of thioether (sulfide) groups is 1. The van der Waals surface area contributed by atoms with Gasteiger partial charge in [0.15, 0.2) is 9.84 Å². The maximum atomic E-state index is 12.5. The lowest BCUT2D eigenvalue weighted by molar-refractivity contribution is -0.130. The van der Waals surface area contributed by atoms with Crippen molar-refractivity contribution >= 4 is 39.1 Å². The van der Waals surface area contributed by atoms with E-state index < -0.39 is 9.84 Å². The number of rotatable bonds is 5. The summed E-state index contributed by atoms with van der Waals surface area (Å²) in [6.45, 7) is 5.00. The van der Waals surface area contributed by atoms with Crippen LogP contribution < -0.4 is 0 Å². The molecule has 3 rings (SSSR count). The van der Waals surface area contributed by atoms with Crippen LogP contribution in [0.3, 0.4) is 0 Å². The predicted octanol–water partition coefficient (Wildman–Crippen LogP) is 2.47. The van der Waals surface area contributed by atoms with Gasteiger partial charge < -0.3 is 4.90 Å². The molecule has 2 heterocycles. The van der Waals surface area contributed by atoms with E-state index in [0.717, 1.165) is 24.5 Å². The molecule has 2 atom stereocenters. The van der Waals surface area contributed by atoms with Gasteiger partial charge in [-0.15, -0.1) is 11.8 Å². The Labute approximate surface area is 165 Å². The molecule has 8 heteroatoms. The Morgan fingerprint density at radius 3 is 2.46 bits per heavy atom. The second kappa shape index (κ2) is 8.50.